The number of hydrogen-bond acceptors (Lipinski definition) is 5. The Bertz CT molecular complexity index is 1290. The lowest BCUT2D eigenvalue weighted by molar-refractivity contribution is 0.0180. The van der Waals surface area contributed by atoms with E-state index in [1.54, 1.807) is 6.20 Å². The van der Waals surface area contributed by atoms with Crippen LogP contribution < -0.4 is 0 Å². The molecule has 0 N–H and O–H groups in total. The van der Waals surface area contributed by atoms with Crippen molar-refractivity contribution in [2.75, 3.05) is 6.61 Å². The van der Waals surface area contributed by atoms with Crippen molar-refractivity contribution >= 4 is 11.0 Å². The average molecular weight is 464 g/mol. The fourth-order valence-electron chi connectivity index (χ4n) is 4.31. The zero-order chi connectivity index (χ0) is 23.7. The van der Waals surface area contributed by atoms with Gasteiger partial charge in [-0.3, -0.25) is 9.67 Å². The Hall–Kier alpha value is -3.26. The fraction of sp³-hybridized carbons (Fsp3) is 0.385. The molecule has 1 aromatic carbocycles. The van der Waals surface area contributed by atoms with E-state index in [4.69, 9.17) is 9.72 Å². The smallest absolute Gasteiger partial charge is 0.135 e. The van der Waals surface area contributed by atoms with E-state index in [2.05, 4.69) is 15.1 Å². The number of fused-ring (bicyclic) bond motifs is 1. The molecular formula is C26H27F2N5O. The van der Waals surface area contributed by atoms with Crippen molar-refractivity contribution in [3.8, 4) is 11.3 Å². The van der Waals surface area contributed by atoms with Crippen LogP contribution in [0.25, 0.3) is 22.3 Å². The van der Waals surface area contributed by atoms with Crippen molar-refractivity contribution < 1.29 is 13.5 Å². The van der Waals surface area contributed by atoms with Crippen LogP contribution in [0.1, 0.15) is 56.0 Å². The van der Waals surface area contributed by atoms with Gasteiger partial charge in [-0.1, -0.05) is 0 Å². The number of halogens is 2. The molecule has 2 fully saturated rings. The van der Waals surface area contributed by atoms with Crippen LogP contribution in [0.4, 0.5) is 8.78 Å². The predicted octanol–water partition coefficient (Wildman–Crippen LogP) is 5.78. The van der Waals surface area contributed by atoms with Crippen molar-refractivity contribution in [2.24, 2.45) is 0 Å². The van der Waals surface area contributed by atoms with Crippen LogP contribution >= 0.6 is 0 Å². The molecule has 176 valence electrons. The molecule has 6 nitrogen and oxygen atoms in total. The van der Waals surface area contributed by atoms with E-state index >= 15 is 0 Å². The lowest BCUT2D eigenvalue weighted by atomic mass is 9.92. The molecule has 0 spiro atoms. The molecule has 0 bridgehead atoms. The lowest BCUT2D eigenvalue weighted by Gasteiger charge is -2.27. The van der Waals surface area contributed by atoms with Crippen LogP contribution in [0.15, 0.2) is 48.9 Å². The van der Waals surface area contributed by atoms with Crippen LogP contribution in [0.2, 0.25) is 0 Å². The van der Waals surface area contributed by atoms with Gasteiger partial charge >= 0.3 is 0 Å². The van der Waals surface area contributed by atoms with Gasteiger partial charge in [0.1, 0.15) is 22.8 Å². The molecule has 1 aliphatic carbocycles. The highest BCUT2D eigenvalue weighted by atomic mass is 19.1. The van der Waals surface area contributed by atoms with Gasteiger partial charge in [-0.2, -0.15) is 5.10 Å². The number of benzene rings is 1. The molecule has 8 heteroatoms. The molecule has 2 aliphatic rings. The minimum Gasteiger partial charge on any atom is -0.378 e. The summed E-state index contributed by atoms with van der Waals surface area (Å²) in [5, 5.41) is 4.09. The van der Waals surface area contributed by atoms with Crippen molar-refractivity contribution in [3.05, 3.63) is 71.9 Å². The average Bonchev–Trinajstić information content (AvgIpc) is 3.52. The van der Waals surface area contributed by atoms with E-state index in [-0.39, 0.29) is 17.6 Å². The van der Waals surface area contributed by atoms with E-state index in [0.717, 1.165) is 36.3 Å². The van der Waals surface area contributed by atoms with Crippen molar-refractivity contribution in [3.63, 3.8) is 0 Å². The van der Waals surface area contributed by atoms with Gasteiger partial charge in [0.2, 0.25) is 0 Å². The summed E-state index contributed by atoms with van der Waals surface area (Å²) in [5.74, 6) is -1.06. The third-order valence-corrected chi connectivity index (χ3v) is 6.21. The summed E-state index contributed by atoms with van der Waals surface area (Å²) in [5.41, 5.74) is 3.46. The largest absolute Gasteiger partial charge is 0.378 e. The Kier molecular flexibility index (Phi) is 6.32. The molecule has 0 radical (unpaired) electrons. The second kappa shape index (κ2) is 9.54. The zero-order valence-electron chi connectivity index (χ0n) is 19.3. The van der Waals surface area contributed by atoms with Crippen LogP contribution in [-0.4, -0.2) is 37.4 Å². The first-order valence-corrected chi connectivity index (χ1v) is 11.7. The molecular weight excluding hydrogens is 436 g/mol. The molecule has 4 aromatic rings. The second-order valence-electron chi connectivity index (χ2n) is 9.02. The Morgan fingerprint density at radius 2 is 1.94 bits per heavy atom. The lowest BCUT2D eigenvalue weighted by Crippen LogP contribution is -2.22. The predicted molar refractivity (Wildman–Crippen MR) is 125 cm³/mol. The molecule has 1 saturated heterocycles. The highest BCUT2D eigenvalue weighted by molar-refractivity contribution is 5.89. The normalized spacial score (nSPS) is 20.1. The van der Waals surface area contributed by atoms with Gasteiger partial charge in [-0.15, -0.1) is 0 Å². The highest BCUT2D eigenvalue weighted by Crippen LogP contribution is 2.35. The molecule has 3 aromatic heterocycles. The standard InChI is InChI=1S/C20H19F2N3O.C6H8N2/c1-11-10-23-20-18(24-11)9-17(13-5-6-26-12(2)7-13)25-19(20)15-4-3-14(21)8-16(15)22;1-4-7-8(5-1)6-2-3-6/h3-4,8-10,12-13H,5-7H2,1-2H3;1,4-6H,2-3H2/t12-,13-;/m1./s1. The van der Waals surface area contributed by atoms with Crippen molar-refractivity contribution in [1.29, 1.82) is 0 Å². The summed E-state index contributed by atoms with van der Waals surface area (Å²) >= 11 is 0. The second-order valence-corrected chi connectivity index (χ2v) is 9.02. The third kappa shape index (κ3) is 4.97. The van der Waals surface area contributed by atoms with Gasteiger partial charge in [0.15, 0.2) is 0 Å². The van der Waals surface area contributed by atoms with E-state index in [1.807, 2.05) is 43.1 Å². The maximum absolute atomic E-state index is 14.4. The molecule has 6 rings (SSSR count). The quantitative estimate of drug-likeness (QED) is 0.385. The van der Waals surface area contributed by atoms with Gasteiger partial charge < -0.3 is 4.74 Å². The number of aromatic nitrogens is 5. The number of pyridine rings is 1. The van der Waals surface area contributed by atoms with Gasteiger partial charge in [0.05, 0.1) is 23.4 Å². The molecule has 1 saturated carbocycles. The van der Waals surface area contributed by atoms with Crippen LogP contribution in [0.3, 0.4) is 0 Å². The summed E-state index contributed by atoms with van der Waals surface area (Å²) in [6, 6.07) is 8.15. The minimum atomic E-state index is -0.654. The number of rotatable bonds is 3. The van der Waals surface area contributed by atoms with Gasteiger partial charge in [-0.25, -0.2) is 18.7 Å². The Morgan fingerprint density at radius 1 is 1.09 bits per heavy atom. The minimum absolute atomic E-state index is 0.154. The SMILES string of the molecule is Cc1cnc2c(-c3ccc(F)cc3F)nc([C@@H]3CCO[C@H](C)C3)cc2n1.c1cnn(C2CC2)c1. The molecule has 0 amide bonds. The first-order chi connectivity index (χ1) is 16.5. The monoisotopic (exact) mass is 463 g/mol. The van der Waals surface area contributed by atoms with E-state index in [9.17, 15) is 8.78 Å². The Balaban J connectivity index is 0.000000252. The van der Waals surface area contributed by atoms with Gasteiger partial charge in [0, 0.05) is 48.4 Å². The molecule has 0 unspecified atom stereocenters. The summed E-state index contributed by atoms with van der Waals surface area (Å²) in [6.07, 6.45) is 9.99. The van der Waals surface area contributed by atoms with E-state index in [1.165, 1.54) is 25.0 Å². The van der Waals surface area contributed by atoms with Gasteiger partial charge in [-0.05, 0) is 63.8 Å². The number of hydrogen-bond donors (Lipinski definition) is 0. The summed E-state index contributed by atoms with van der Waals surface area (Å²) in [7, 11) is 0. The molecule has 34 heavy (non-hydrogen) atoms. The van der Waals surface area contributed by atoms with Crippen molar-refractivity contribution in [1.82, 2.24) is 24.7 Å². The fourth-order valence-corrected chi connectivity index (χ4v) is 4.31. The first-order valence-electron chi connectivity index (χ1n) is 11.7. The van der Waals surface area contributed by atoms with Crippen LogP contribution in [-0.2, 0) is 4.74 Å². The zero-order valence-corrected chi connectivity index (χ0v) is 19.3. The number of ether oxygens (including phenoxy) is 1. The topological polar surface area (TPSA) is 65.7 Å². The molecule has 1 aliphatic heterocycles. The first kappa shape index (κ1) is 22.5. The number of aryl methyl sites for hydroxylation is 1. The van der Waals surface area contributed by atoms with Crippen LogP contribution in [0.5, 0.6) is 0 Å². The molecule has 2 atom stereocenters. The molecule has 4 heterocycles. The van der Waals surface area contributed by atoms with E-state index < -0.39 is 11.6 Å². The highest BCUT2D eigenvalue weighted by Gasteiger charge is 2.25. The maximum Gasteiger partial charge on any atom is 0.135 e. The Morgan fingerprint density at radius 3 is 2.65 bits per heavy atom. The summed E-state index contributed by atoms with van der Waals surface area (Å²) in [6.45, 7) is 4.57. The third-order valence-electron chi connectivity index (χ3n) is 6.21. The van der Waals surface area contributed by atoms with Crippen LogP contribution in [0, 0.1) is 18.6 Å². The number of nitrogens with zero attached hydrogens (tertiary/aromatic N) is 5. The van der Waals surface area contributed by atoms with Crippen molar-refractivity contribution in [2.45, 2.75) is 57.6 Å². The summed E-state index contributed by atoms with van der Waals surface area (Å²) in [4.78, 5) is 13.7. The van der Waals surface area contributed by atoms with E-state index in [0.29, 0.717) is 23.3 Å². The maximum atomic E-state index is 14.4. The summed E-state index contributed by atoms with van der Waals surface area (Å²) < 4.78 is 35.4. The Labute approximate surface area is 197 Å². The van der Waals surface area contributed by atoms with Gasteiger partial charge in [0.25, 0.3) is 0 Å².